The lowest BCUT2D eigenvalue weighted by Crippen LogP contribution is -2.37. The Kier molecular flexibility index (Phi) is 4.97. The van der Waals surface area contributed by atoms with Gasteiger partial charge in [0, 0.05) is 24.5 Å². The molecule has 1 saturated heterocycles. The maximum absolute atomic E-state index is 12.2. The second kappa shape index (κ2) is 5.67. The van der Waals surface area contributed by atoms with Gasteiger partial charge in [0.25, 0.3) is 10.0 Å². The lowest BCUT2D eigenvalue weighted by molar-refractivity contribution is 0.389. The maximum atomic E-state index is 12.2. The van der Waals surface area contributed by atoms with E-state index in [1.54, 1.807) is 13.1 Å². The monoisotopic (exact) mass is 296 g/mol. The second-order valence-corrected chi connectivity index (χ2v) is 7.55. The molecule has 1 N–H and O–H groups in total. The molecule has 0 saturated carbocycles. The van der Waals surface area contributed by atoms with E-state index in [9.17, 15) is 8.42 Å². The first-order valence-corrected chi connectivity index (χ1v) is 7.52. The smallest absolute Gasteiger partial charge is 0.252 e. The SMILES string of the molecule is Cc1ccc(S(=O)(=O)N(C)C2CCNC2)s1.Cl. The predicted molar refractivity (Wildman–Crippen MR) is 72.5 cm³/mol. The highest BCUT2D eigenvalue weighted by Gasteiger charge is 2.30. The van der Waals surface area contributed by atoms with E-state index in [4.69, 9.17) is 0 Å². The minimum Gasteiger partial charge on any atom is -0.315 e. The van der Waals surface area contributed by atoms with Crippen LogP contribution in [0.15, 0.2) is 16.3 Å². The van der Waals surface area contributed by atoms with Crippen LogP contribution in [0.5, 0.6) is 0 Å². The standard InChI is InChI=1S/C10H16N2O2S2.ClH/c1-8-3-4-10(15-8)16(13,14)12(2)9-5-6-11-7-9;/h3-4,9,11H,5-7H2,1-2H3;1H. The third-order valence-corrected chi connectivity index (χ3v) is 6.28. The van der Waals surface area contributed by atoms with Crippen LogP contribution in [-0.4, -0.2) is 38.9 Å². The summed E-state index contributed by atoms with van der Waals surface area (Å²) in [7, 11) is -1.62. The molecule has 1 aromatic heterocycles. The molecule has 1 aromatic rings. The number of hydrogen-bond acceptors (Lipinski definition) is 4. The Hall–Kier alpha value is -0.140. The van der Waals surface area contributed by atoms with Crippen LogP contribution >= 0.6 is 23.7 Å². The van der Waals surface area contributed by atoms with E-state index in [0.717, 1.165) is 24.4 Å². The lowest BCUT2D eigenvalue weighted by Gasteiger charge is -2.22. The van der Waals surface area contributed by atoms with Crippen LogP contribution in [0.4, 0.5) is 0 Å². The molecule has 1 aliphatic rings. The summed E-state index contributed by atoms with van der Waals surface area (Å²) in [5.41, 5.74) is 0. The Morgan fingerprint density at radius 1 is 1.47 bits per heavy atom. The van der Waals surface area contributed by atoms with Crippen LogP contribution in [0, 0.1) is 6.92 Å². The highest BCUT2D eigenvalue weighted by molar-refractivity contribution is 7.91. The van der Waals surface area contributed by atoms with Crippen molar-refractivity contribution in [1.82, 2.24) is 9.62 Å². The van der Waals surface area contributed by atoms with E-state index in [1.807, 2.05) is 13.0 Å². The number of thiophene rings is 1. The van der Waals surface area contributed by atoms with Crippen LogP contribution < -0.4 is 5.32 Å². The third-order valence-electron chi connectivity index (χ3n) is 2.90. The summed E-state index contributed by atoms with van der Waals surface area (Å²) in [6.45, 7) is 3.56. The van der Waals surface area contributed by atoms with E-state index >= 15 is 0 Å². The van der Waals surface area contributed by atoms with Crippen molar-refractivity contribution in [3.8, 4) is 0 Å². The minimum atomic E-state index is -3.29. The van der Waals surface area contributed by atoms with Crippen molar-refractivity contribution >= 4 is 33.8 Å². The van der Waals surface area contributed by atoms with Crippen molar-refractivity contribution in [2.75, 3.05) is 20.1 Å². The molecular formula is C10H17ClN2O2S2. The van der Waals surface area contributed by atoms with Crippen molar-refractivity contribution in [3.05, 3.63) is 17.0 Å². The average molecular weight is 297 g/mol. The molecule has 0 spiro atoms. The predicted octanol–water partition coefficient (Wildman–Crippen LogP) is 1.46. The van der Waals surface area contributed by atoms with E-state index in [-0.39, 0.29) is 18.4 Å². The maximum Gasteiger partial charge on any atom is 0.252 e. The molecule has 1 unspecified atom stereocenters. The normalized spacial score (nSPS) is 20.5. The summed E-state index contributed by atoms with van der Waals surface area (Å²) >= 11 is 1.33. The molecule has 1 fully saturated rings. The van der Waals surface area contributed by atoms with Crippen molar-refractivity contribution in [2.45, 2.75) is 23.6 Å². The fourth-order valence-corrected chi connectivity index (χ4v) is 4.69. The topological polar surface area (TPSA) is 49.4 Å². The van der Waals surface area contributed by atoms with Crippen molar-refractivity contribution in [2.24, 2.45) is 0 Å². The first kappa shape index (κ1) is 14.9. The largest absolute Gasteiger partial charge is 0.315 e. The highest BCUT2D eigenvalue weighted by atomic mass is 35.5. The molecule has 0 radical (unpaired) electrons. The number of nitrogens with zero attached hydrogens (tertiary/aromatic N) is 1. The van der Waals surface area contributed by atoms with E-state index in [1.165, 1.54) is 15.6 Å². The van der Waals surface area contributed by atoms with Crippen LogP contribution in [0.1, 0.15) is 11.3 Å². The van der Waals surface area contributed by atoms with E-state index < -0.39 is 10.0 Å². The Morgan fingerprint density at radius 2 is 2.18 bits per heavy atom. The fraction of sp³-hybridized carbons (Fsp3) is 0.600. The number of halogens is 1. The summed E-state index contributed by atoms with van der Waals surface area (Å²) in [6, 6.07) is 3.62. The molecule has 2 rings (SSSR count). The van der Waals surface area contributed by atoms with Crippen LogP contribution in [0.3, 0.4) is 0 Å². The van der Waals surface area contributed by atoms with Gasteiger partial charge in [0.1, 0.15) is 4.21 Å². The van der Waals surface area contributed by atoms with Gasteiger partial charge in [-0.1, -0.05) is 0 Å². The van der Waals surface area contributed by atoms with Crippen LogP contribution in [0.2, 0.25) is 0 Å². The number of nitrogens with one attached hydrogen (secondary N) is 1. The average Bonchev–Trinajstić information content (AvgIpc) is 2.86. The molecule has 17 heavy (non-hydrogen) atoms. The summed E-state index contributed by atoms with van der Waals surface area (Å²) in [5, 5.41) is 3.18. The molecule has 0 aliphatic carbocycles. The van der Waals surface area contributed by atoms with Crippen LogP contribution in [0.25, 0.3) is 0 Å². The van der Waals surface area contributed by atoms with Gasteiger partial charge in [-0.3, -0.25) is 0 Å². The molecule has 4 nitrogen and oxygen atoms in total. The van der Waals surface area contributed by atoms with Gasteiger partial charge < -0.3 is 5.32 Å². The Morgan fingerprint density at radius 3 is 2.65 bits per heavy atom. The quantitative estimate of drug-likeness (QED) is 0.919. The number of rotatable bonds is 3. The van der Waals surface area contributed by atoms with Crippen LogP contribution in [-0.2, 0) is 10.0 Å². The summed E-state index contributed by atoms with van der Waals surface area (Å²) in [4.78, 5) is 1.02. The highest BCUT2D eigenvalue weighted by Crippen LogP contribution is 2.25. The number of sulfonamides is 1. The van der Waals surface area contributed by atoms with Gasteiger partial charge in [-0.05, 0) is 32.0 Å². The molecule has 0 amide bonds. The van der Waals surface area contributed by atoms with Gasteiger partial charge in [-0.25, -0.2) is 8.42 Å². The van der Waals surface area contributed by atoms with Gasteiger partial charge in [0.05, 0.1) is 0 Å². The van der Waals surface area contributed by atoms with Crippen molar-refractivity contribution in [3.63, 3.8) is 0 Å². The molecule has 7 heteroatoms. The zero-order valence-electron chi connectivity index (χ0n) is 9.84. The zero-order chi connectivity index (χ0) is 11.8. The van der Waals surface area contributed by atoms with Gasteiger partial charge >= 0.3 is 0 Å². The minimum absolute atomic E-state index is 0. The fourth-order valence-electron chi connectivity index (χ4n) is 1.84. The molecule has 0 aromatic carbocycles. The number of aryl methyl sites for hydroxylation is 1. The van der Waals surface area contributed by atoms with Gasteiger partial charge in [0.2, 0.25) is 0 Å². The first-order chi connectivity index (χ1) is 7.51. The molecular weight excluding hydrogens is 280 g/mol. The Labute approximate surface area is 112 Å². The molecule has 1 aliphatic heterocycles. The third kappa shape index (κ3) is 3.00. The molecule has 98 valence electrons. The Balaban J connectivity index is 0.00000144. The summed E-state index contributed by atoms with van der Waals surface area (Å²) < 4.78 is 26.4. The number of hydrogen-bond donors (Lipinski definition) is 1. The zero-order valence-corrected chi connectivity index (χ0v) is 12.3. The first-order valence-electron chi connectivity index (χ1n) is 5.27. The molecule has 2 heterocycles. The van der Waals surface area contributed by atoms with Gasteiger partial charge in [-0.15, -0.1) is 23.7 Å². The van der Waals surface area contributed by atoms with Crippen molar-refractivity contribution < 1.29 is 8.42 Å². The van der Waals surface area contributed by atoms with Gasteiger partial charge in [0.15, 0.2) is 0 Å². The lowest BCUT2D eigenvalue weighted by atomic mass is 10.3. The van der Waals surface area contributed by atoms with E-state index in [0.29, 0.717) is 4.21 Å². The molecule has 1 atom stereocenters. The second-order valence-electron chi connectivity index (χ2n) is 4.03. The van der Waals surface area contributed by atoms with Crippen molar-refractivity contribution in [1.29, 1.82) is 0 Å². The van der Waals surface area contributed by atoms with E-state index in [2.05, 4.69) is 5.32 Å². The van der Waals surface area contributed by atoms with Gasteiger partial charge in [-0.2, -0.15) is 4.31 Å². The summed E-state index contributed by atoms with van der Waals surface area (Å²) in [5.74, 6) is 0. The molecule has 0 bridgehead atoms. The number of likely N-dealkylation sites (N-methyl/N-ethyl adjacent to an activating group) is 1. The summed E-state index contributed by atoms with van der Waals surface area (Å²) in [6.07, 6.45) is 0.889. The Bertz CT molecular complexity index is 466.